The number of likely N-dealkylation sites (N-methyl/N-ethyl adjacent to an activating group) is 1. The number of aliphatic hydroxyl groups excluding tert-OH is 1. The van der Waals surface area contributed by atoms with Crippen LogP contribution in [0.15, 0.2) is 78.9 Å². The van der Waals surface area contributed by atoms with E-state index in [9.17, 15) is 14.7 Å². The summed E-state index contributed by atoms with van der Waals surface area (Å²) in [6.07, 6.45) is 2.52. The minimum absolute atomic E-state index is 0.00401. The Balaban J connectivity index is 1.36. The average molecular weight is 575 g/mol. The maximum atomic E-state index is 12.2. The van der Waals surface area contributed by atoms with Gasteiger partial charge < -0.3 is 25.0 Å². The van der Waals surface area contributed by atoms with Crippen molar-refractivity contribution in [3.8, 4) is 0 Å². The number of hydrogen-bond donors (Lipinski definition) is 3. The smallest absolute Gasteiger partial charge is 0.303 e. The molecule has 1 amide bonds. The standard InChI is InChI=1S/C34H42N2O6/c1-36(22-26-8-4-2-5-9-26)23-30-20-31(28-16-14-27(24-37)15-17-28)42-34(41-30)29-18-12-25(13-19-29)21-35-32(38)10-6-3-7-11-33(39)40/h2,4-5,8-9,12-19,30-31,34,37H,3,6-7,10-11,20-24H2,1H3,(H,35,38)(H,39,40). The Bertz CT molecular complexity index is 1250. The monoisotopic (exact) mass is 574 g/mol. The van der Waals surface area contributed by atoms with Gasteiger partial charge in [-0.25, -0.2) is 0 Å². The van der Waals surface area contributed by atoms with Crippen molar-refractivity contribution in [1.29, 1.82) is 0 Å². The first-order chi connectivity index (χ1) is 20.4. The number of amides is 1. The molecular formula is C34H42N2O6. The second kappa shape index (κ2) is 16.2. The molecule has 3 aromatic rings. The summed E-state index contributed by atoms with van der Waals surface area (Å²) in [5, 5.41) is 21.1. The van der Waals surface area contributed by atoms with Crippen LogP contribution in [0.3, 0.4) is 0 Å². The highest BCUT2D eigenvalue weighted by Crippen LogP contribution is 2.38. The lowest BCUT2D eigenvalue weighted by Gasteiger charge is -2.38. The number of nitrogens with one attached hydrogen (secondary N) is 1. The molecule has 3 unspecified atom stereocenters. The van der Waals surface area contributed by atoms with Crippen LogP contribution in [0.4, 0.5) is 0 Å². The van der Waals surface area contributed by atoms with E-state index in [2.05, 4.69) is 41.5 Å². The fourth-order valence-corrected chi connectivity index (χ4v) is 5.16. The first-order valence-corrected chi connectivity index (χ1v) is 14.7. The van der Waals surface area contributed by atoms with Crippen LogP contribution in [0.25, 0.3) is 0 Å². The molecule has 1 aliphatic rings. The third-order valence-electron chi connectivity index (χ3n) is 7.46. The molecular weight excluding hydrogens is 532 g/mol. The third kappa shape index (κ3) is 10.1. The largest absolute Gasteiger partial charge is 0.481 e. The number of unbranched alkanes of at least 4 members (excludes halogenated alkanes) is 2. The molecule has 3 N–H and O–H groups in total. The van der Waals surface area contributed by atoms with Gasteiger partial charge in [0, 0.05) is 44.5 Å². The van der Waals surface area contributed by atoms with E-state index in [1.54, 1.807) is 0 Å². The summed E-state index contributed by atoms with van der Waals surface area (Å²) in [5.41, 5.74) is 5.06. The molecule has 4 rings (SSSR count). The van der Waals surface area contributed by atoms with Crippen molar-refractivity contribution in [2.75, 3.05) is 13.6 Å². The van der Waals surface area contributed by atoms with E-state index in [0.717, 1.165) is 41.8 Å². The van der Waals surface area contributed by atoms with E-state index in [-0.39, 0.29) is 31.1 Å². The Morgan fingerprint density at radius 3 is 2.19 bits per heavy atom. The van der Waals surface area contributed by atoms with Crippen molar-refractivity contribution in [2.45, 2.75) is 76.7 Å². The van der Waals surface area contributed by atoms with Crippen LogP contribution in [0.2, 0.25) is 0 Å². The van der Waals surface area contributed by atoms with Gasteiger partial charge in [-0.05, 0) is 42.1 Å². The Morgan fingerprint density at radius 2 is 1.50 bits per heavy atom. The van der Waals surface area contributed by atoms with Gasteiger partial charge in [-0.3, -0.25) is 14.5 Å². The number of rotatable bonds is 15. The van der Waals surface area contributed by atoms with Gasteiger partial charge in [-0.2, -0.15) is 0 Å². The summed E-state index contributed by atoms with van der Waals surface area (Å²) in [6.45, 7) is 2.00. The van der Waals surface area contributed by atoms with E-state index >= 15 is 0 Å². The zero-order valence-electron chi connectivity index (χ0n) is 24.3. The lowest BCUT2D eigenvalue weighted by atomic mass is 9.99. The van der Waals surface area contributed by atoms with Crippen LogP contribution in [0, 0.1) is 0 Å². The Morgan fingerprint density at radius 1 is 0.833 bits per heavy atom. The minimum atomic E-state index is -0.801. The van der Waals surface area contributed by atoms with Gasteiger partial charge in [-0.1, -0.05) is 85.3 Å². The van der Waals surface area contributed by atoms with Gasteiger partial charge in [0.2, 0.25) is 5.91 Å². The van der Waals surface area contributed by atoms with Crippen LogP contribution in [-0.2, 0) is 38.8 Å². The molecule has 0 spiro atoms. The highest BCUT2D eigenvalue weighted by atomic mass is 16.7. The molecule has 8 nitrogen and oxygen atoms in total. The van der Waals surface area contributed by atoms with Gasteiger partial charge in [-0.15, -0.1) is 0 Å². The van der Waals surface area contributed by atoms with Gasteiger partial charge in [0.1, 0.15) is 0 Å². The van der Waals surface area contributed by atoms with E-state index in [1.165, 1.54) is 5.56 Å². The van der Waals surface area contributed by atoms with Crippen LogP contribution in [-0.4, -0.2) is 46.7 Å². The number of aliphatic hydroxyl groups is 1. The summed E-state index contributed by atoms with van der Waals surface area (Å²) < 4.78 is 13.0. The number of nitrogens with zero attached hydrogens (tertiary/aromatic N) is 1. The number of carbonyl (C=O) groups is 2. The molecule has 3 aromatic carbocycles. The second-order valence-corrected chi connectivity index (χ2v) is 11.0. The average Bonchev–Trinajstić information content (AvgIpc) is 3.00. The number of carboxylic acid groups (broad SMARTS) is 1. The van der Waals surface area contributed by atoms with Crippen LogP contribution in [0.1, 0.15) is 78.7 Å². The fraction of sp³-hybridized carbons (Fsp3) is 0.412. The van der Waals surface area contributed by atoms with Gasteiger partial charge in [0.05, 0.1) is 18.8 Å². The fourth-order valence-electron chi connectivity index (χ4n) is 5.16. The normalized spacial score (nSPS) is 18.6. The zero-order chi connectivity index (χ0) is 29.7. The Hall–Kier alpha value is -3.56. The number of carbonyl (C=O) groups excluding carboxylic acids is 1. The Kier molecular flexibility index (Phi) is 12.1. The van der Waals surface area contributed by atoms with E-state index in [4.69, 9.17) is 14.6 Å². The molecule has 1 heterocycles. The molecule has 0 bridgehead atoms. The number of aliphatic carboxylic acids is 1. The van der Waals surface area contributed by atoms with Crippen molar-refractivity contribution in [3.63, 3.8) is 0 Å². The van der Waals surface area contributed by atoms with Gasteiger partial charge in [0.15, 0.2) is 6.29 Å². The first-order valence-electron chi connectivity index (χ1n) is 14.7. The maximum absolute atomic E-state index is 12.2. The second-order valence-electron chi connectivity index (χ2n) is 11.0. The molecule has 0 radical (unpaired) electrons. The summed E-state index contributed by atoms with van der Waals surface area (Å²) in [7, 11) is 2.10. The SMILES string of the molecule is CN(Cc1ccccc1)CC1CC(c2ccc(CO)cc2)OC(c2ccc(CNC(=O)CCCCCC(=O)O)cc2)O1. The van der Waals surface area contributed by atoms with Crippen LogP contribution in [0.5, 0.6) is 0 Å². The van der Waals surface area contributed by atoms with Crippen LogP contribution < -0.4 is 5.32 Å². The number of ether oxygens (including phenoxy) is 2. The van der Waals surface area contributed by atoms with Crippen molar-refractivity contribution < 1.29 is 29.3 Å². The maximum Gasteiger partial charge on any atom is 0.303 e. The predicted octanol–water partition coefficient (Wildman–Crippen LogP) is 5.51. The van der Waals surface area contributed by atoms with Gasteiger partial charge >= 0.3 is 5.97 Å². The first kappa shape index (κ1) is 31.4. The van der Waals surface area contributed by atoms with Crippen molar-refractivity contribution in [1.82, 2.24) is 10.2 Å². The highest BCUT2D eigenvalue weighted by Gasteiger charge is 2.32. The zero-order valence-corrected chi connectivity index (χ0v) is 24.3. The molecule has 0 aromatic heterocycles. The predicted molar refractivity (Wildman–Crippen MR) is 160 cm³/mol. The van der Waals surface area contributed by atoms with E-state index in [0.29, 0.717) is 32.2 Å². The van der Waals surface area contributed by atoms with E-state index < -0.39 is 12.3 Å². The lowest BCUT2D eigenvalue weighted by Crippen LogP contribution is -2.37. The van der Waals surface area contributed by atoms with Crippen molar-refractivity contribution in [3.05, 3.63) is 107 Å². The van der Waals surface area contributed by atoms with Gasteiger partial charge in [0.25, 0.3) is 0 Å². The molecule has 224 valence electrons. The molecule has 3 atom stereocenters. The number of benzene rings is 3. The molecule has 42 heavy (non-hydrogen) atoms. The quantitative estimate of drug-likeness (QED) is 0.206. The molecule has 0 saturated carbocycles. The summed E-state index contributed by atoms with van der Waals surface area (Å²) in [5.74, 6) is -0.837. The summed E-state index contributed by atoms with van der Waals surface area (Å²) in [4.78, 5) is 25.1. The van der Waals surface area contributed by atoms with Crippen LogP contribution >= 0.6 is 0 Å². The highest BCUT2D eigenvalue weighted by molar-refractivity contribution is 5.75. The summed E-state index contributed by atoms with van der Waals surface area (Å²) in [6, 6.07) is 26.2. The topological polar surface area (TPSA) is 108 Å². The molecule has 1 saturated heterocycles. The number of carboxylic acids is 1. The van der Waals surface area contributed by atoms with Crippen molar-refractivity contribution in [2.24, 2.45) is 0 Å². The lowest BCUT2D eigenvalue weighted by molar-refractivity contribution is -0.252. The number of hydrogen-bond acceptors (Lipinski definition) is 6. The molecule has 0 aliphatic carbocycles. The van der Waals surface area contributed by atoms with Crippen molar-refractivity contribution >= 4 is 11.9 Å². The Labute approximate surface area is 248 Å². The molecule has 1 fully saturated rings. The minimum Gasteiger partial charge on any atom is -0.481 e. The summed E-state index contributed by atoms with van der Waals surface area (Å²) >= 11 is 0. The van der Waals surface area contributed by atoms with E-state index in [1.807, 2.05) is 54.6 Å². The third-order valence-corrected chi connectivity index (χ3v) is 7.46. The molecule has 1 aliphatic heterocycles. The molecule has 8 heteroatoms.